The molecule has 0 aliphatic heterocycles. The summed E-state index contributed by atoms with van der Waals surface area (Å²) in [6, 6.07) is 0. The third kappa shape index (κ3) is 3.76. The van der Waals surface area contributed by atoms with E-state index in [9.17, 15) is 5.11 Å². The van der Waals surface area contributed by atoms with Crippen LogP contribution in [-0.2, 0) is 5.41 Å². The Hall–Kier alpha value is -0.680. The van der Waals surface area contributed by atoms with E-state index in [0.717, 1.165) is 17.4 Å². The normalized spacial score (nSPS) is 13.9. The molecule has 0 saturated heterocycles. The summed E-state index contributed by atoms with van der Waals surface area (Å²) in [6.45, 7) is 8.74. The van der Waals surface area contributed by atoms with E-state index in [1.165, 1.54) is 11.5 Å². The third-order valence-electron chi connectivity index (χ3n) is 2.06. The smallest absolute Gasteiger partial charge is 0.202 e. The molecule has 0 aliphatic carbocycles. The number of rotatable bonds is 4. The maximum Gasteiger partial charge on any atom is 0.202 e. The number of aliphatic hydroxyl groups excluding tert-OH is 1. The largest absolute Gasteiger partial charge is 0.391 e. The predicted molar refractivity (Wildman–Crippen MR) is 63.4 cm³/mol. The van der Waals surface area contributed by atoms with E-state index in [1.54, 1.807) is 0 Å². The van der Waals surface area contributed by atoms with Gasteiger partial charge in [0.25, 0.3) is 0 Å². The van der Waals surface area contributed by atoms with Gasteiger partial charge in [-0.25, -0.2) is 4.98 Å². The highest BCUT2D eigenvalue weighted by Gasteiger charge is 2.19. The minimum atomic E-state index is -0.313. The summed E-state index contributed by atoms with van der Waals surface area (Å²) < 4.78 is 4.28. The number of nitrogens with zero attached hydrogens (tertiary/aromatic N) is 2. The molecule has 0 aromatic carbocycles. The van der Waals surface area contributed by atoms with Crippen molar-refractivity contribution >= 4 is 16.7 Å². The standard InChI is InChI=1S/C10H19N3OS/c1-5-7(14)6-11-9-12-8(13-15-9)10(2,3)4/h7,14H,5-6H2,1-4H3,(H,11,12,13). The topological polar surface area (TPSA) is 58.0 Å². The minimum absolute atomic E-state index is 0.0141. The minimum Gasteiger partial charge on any atom is -0.391 e. The number of nitrogens with one attached hydrogen (secondary N) is 1. The monoisotopic (exact) mass is 229 g/mol. The maximum absolute atomic E-state index is 9.38. The van der Waals surface area contributed by atoms with Crippen molar-refractivity contribution in [2.45, 2.75) is 45.6 Å². The van der Waals surface area contributed by atoms with Crippen molar-refractivity contribution in [1.82, 2.24) is 9.36 Å². The Morgan fingerprint density at radius 1 is 1.47 bits per heavy atom. The third-order valence-corrected chi connectivity index (χ3v) is 2.73. The van der Waals surface area contributed by atoms with Crippen LogP contribution < -0.4 is 5.32 Å². The van der Waals surface area contributed by atoms with E-state index in [2.05, 4.69) is 35.4 Å². The van der Waals surface area contributed by atoms with Gasteiger partial charge in [-0.1, -0.05) is 27.7 Å². The van der Waals surface area contributed by atoms with Crippen LogP contribution in [0.3, 0.4) is 0 Å². The molecule has 0 bridgehead atoms. The molecule has 1 atom stereocenters. The molecule has 0 fully saturated rings. The van der Waals surface area contributed by atoms with E-state index in [0.29, 0.717) is 6.54 Å². The highest BCUT2D eigenvalue weighted by molar-refractivity contribution is 7.09. The van der Waals surface area contributed by atoms with Gasteiger partial charge in [0.2, 0.25) is 5.13 Å². The zero-order valence-electron chi connectivity index (χ0n) is 9.74. The van der Waals surface area contributed by atoms with E-state index >= 15 is 0 Å². The Morgan fingerprint density at radius 3 is 2.60 bits per heavy atom. The van der Waals surface area contributed by atoms with Gasteiger partial charge in [0, 0.05) is 23.5 Å². The van der Waals surface area contributed by atoms with Gasteiger partial charge in [-0.3, -0.25) is 0 Å². The average Bonchev–Trinajstić information content (AvgIpc) is 2.61. The summed E-state index contributed by atoms with van der Waals surface area (Å²) in [6.07, 6.45) is 0.435. The van der Waals surface area contributed by atoms with Crippen LogP contribution in [0.5, 0.6) is 0 Å². The summed E-state index contributed by atoms with van der Waals surface area (Å²) in [7, 11) is 0. The van der Waals surface area contributed by atoms with E-state index < -0.39 is 0 Å². The van der Waals surface area contributed by atoms with Gasteiger partial charge < -0.3 is 10.4 Å². The first-order valence-corrected chi connectivity index (χ1v) is 5.97. The van der Waals surface area contributed by atoms with Crippen LogP contribution >= 0.6 is 11.5 Å². The Bertz CT molecular complexity index is 306. The van der Waals surface area contributed by atoms with Gasteiger partial charge in [0.15, 0.2) is 0 Å². The molecule has 1 rings (SSSR count). The fraction of sp³-hybridized carbons (Fsp3) is 0.800. The van der Waals surface area contributed by atoms with E-state index in [-0.39, 0.29) is 11.5 Å². The van der Waals surface area contributed by atoms with E-state index in [4.69, 9.17) is 0 Å². The van der Waals surface area contributed by atoms with Crippen molar-refractivity contribution in [2.24, 2.45) is 0 Å². The summed E-state index contributed by atoms with van der Waals surface area (Å²) in [5, 5.41) is 13.2. The Labute approximate surface area is 94.9 Å². The van der Waals surface area contributed by atoms with Crippen molar-refractivity contribution < 1.29 is 5.11 Å². The first-order chi connectivity index (χ1) is 6.93. The molecule has 15 heavy (non-hydrogen) atoms. The highest BCUT2D eigenvalue weighted by Crippen LogP contribution is 2.22. The van der Waals surface area contributed by atoms with E-state index in [1.807, 2.05) is 6.92 Å². The second kappa shape index (κ2) is 4.90. The molecule has 1 unspecified atom stereocenters. The lowest BCUT2D eigenvalue weighted by molar-refractivity contribution is 0.183. The first-order valence-electron chi connectivity index (χ1n) is 5.19. The number of aliphatic hydroxyl groups is 1. The second-order valence-corrected chi connectivity index (χ2v) is 5.37. The SMILES string of the molecule is CCC(O)CNc1nc(C(C)(C)C)ns1. The maximum atomic E-state index is 9.38. The number of anilines is 1. The van der Waals surface area contributed by atoms with Gasteiger partial charge in [-0.2, -0.15) is 4.37 Å². The molecule has 0 saturated carbocycles. The Kier molecular flexibility index (Phi) is 4.04. The van der Waals surface area contributed by atoms with Crippen LogP contribution in [0.1, 0.15) is 39.9 Å². The fourth-order valence-electron chi connectivity index (χ4n) is 0.949. The molecule has 86 valence electrons. The van der Waals surface area contributed by atoms with Crippen LogP contribution in [0.2, 0.25) is 0 Å². The zero-order valence-corrected chi connectivity index (χ0v) is 10.6. The molecule has 0 aliphatic rings. The number of aromatic nitrogens is 2. The van der Waals surface area contributed by atoms with Crippen molar-refractivity contribution in [3.63, 3.8) is 0 Å². The van der Waals surface area contributed by atoms with Crippen LogP contribution in [0, 0.1) is 0 Å². The Morgan fingerprint density at radius 2 is 2.13 bits per heavy atom. The van der Waals surface area contributed by atoms with Crippen molar-refractivity contribution in [3.05, 3.63) is 5.82 Å². The second-order valence-electron chi connectivity index (χ2n) is 4.62. The molecule has 0 amide bonds. The summed E-state index contributed by atoms with van der Waals surface area (Å²) >= 11 is 1.35. The predicted octanol–water partition coefficient (Wildman–Crippen LogP) is 2.02. The Balaban J connectivity index is 2.54. The molecule has 0 radical (unpaired) electrons. The van der Waals surface area contributed by atoms with Gasteiger partial charge in [0.1, 0.15) is 5.82 Å². The van der Waals surface area contributed by atoms with Crippen molar-refractivity contribution in [3.8, 4) is 0 Å². The molecule has 1 heterocycles. The zero-order chi connectivity index (χ0) is 11.5. The lowest BCUT2D eigenvalue weighted by atomic mass is 9.96. The summed E-state index contributed by atoms with van der Waals surface area (Å²) in [5.41, 5.74) is -0.0141. The highest BCUT2D eigenvalue weighted by atomic mass is 32.1. The van der Waals surface area contributed by atoms with Crippen molar-refractivity contribution in [1.29, 1.82) is 0 Å². The van der Waals surface area contributed by atoms with Crippen LogP contribution in [0.15, 0.2) is 0 Å². The summed E-state index contributed by atoms with van der Waals surface area (Å²) in [5.74, 6) is 0.848. The van der Waals surface area contributed by atoms with Crippen molar-refractivity contribution in [2.75, 3.05) is 11.9 Å². The molecule has 5 heteroatoms. The molecular formula is C10H19N3OS. The quantitative estimate of drug-likeness (QED) is 0.829. The molecule has 1 aromatic heterocycles. The van der Waals surface area contributed by atoms with Crippen LogP contribution in [-0.4, -0.2) is 27.1 Å². The van der Waals surface area contributed by atoms with Gasteiger partial charge >= 0.3 is 0 Å². The van der Waals surface area contributed by atoms with Gasteiger partial charge in [0.05, 0.1) is 6.10 Å². The molecular weight excluding hydrogens is 210 g/mol. The van der Waals surface area contributed by atoms with Crippen LogP contribution in [0.25, 0.3) is 0 Å². The van der Waals surface area contributed by atoms with Crippen LogP contribution in [0.4, 0.5) is 5.13 Å². The lowest BCUT2D eigenvalue weighted by Gasteiger charge is -2.12. The summed E-state index contributed by atoms with van der Waals surface area (Å²) in [4.78, 5) is 4.37. The molecule has 0 spiro atoms. The molecule has 4 nitrogen and oxygen atoms in total. The molecule has 1 aromatic rings. The first kappa shape index (κ1) is 12.4. The lowest BCUT2D eigenvalue weighted by Crippen LogP contribution is -2.18. The molecule has 2 N–H and O–H groups in total. The number of hydrogen-bond acceptors (Lipinski definition) is 5. The number of hydrogen-bond donors (Lipinski definition) is 2. The van der Waals surface area contributed by atoms with Gasteiger partial charge in [-0.15, -0.1) is 0 Å². The van der Waals surface area contributed by atoms with Gasteiger partial charge in [-0.05, 0) is 6.42 Å². The average molecular weight is 229 g/mol. The fourth-order valence-corrected chi connectivity index (χ4v) is 1.71.